The summed E-state index contributed by atoms with van der Waals surface area (Å²) in [7, 11) is 0. The lowest BCUT2D eigenvalue weighted by Gasteiger charge is -2.32. The van der Waals surface area contributed by atoms with E-state index in [4.69, 9.17) is 11.6 Å². The van der Waals surface area contributed by atoms with Crippen LogP contribution in [0.25, 0.3) is 0 Å². The molecule has 2 aromatic carbocycles. The van der Waals surface area contributed by atoms with E-state index in [1.165, 1.54) is 10.0 Å². The van der Waals surface area contributed by atoms with Gasteiger partial charge >= 0.3 is 0 Å². The summed E-state index contributed by atoms with van der Waals surface area (Å²) < 4.78 is 0. The third-order valence-electron chi connectivity index (χ3n) is 3.70. The number of nitrogens with zero attached hydrogens (tertiary/aromatic N) is 3. The van der Waals surface area contributed by atoms with Crippen molar-refractivity contribution >= 4 is 23.0 Å². The van der Waals surface area contributed by atoms with Crippen LogP contribution in [0.15, 0.2) is 60.1 Å². The minimum Gasteiger partial charge on any atom is -0.858 e. The molecule has 0 aromatic heterocycles. The van der Waals surface area contributed by atoms with E-state index in [9.17, 15) is 10.3 Å². The molecule has 1 N–H and O–H groups in total. The average molecular weight is 301 g/mol. The molecule has 6 heteroatoms. The van der Waals surface area contributed by atoms with Gasteiger partial charge in [-0.15, -0.1) is 0 Å². The summed E-state index contributed by atoms with van der Waals surface area (Å²) in [6, 6.07) is 14.4. The molecule has 4 rings (SSSR count). The molecular formula is C15H11ClN3O2-. The monoisotopic (exact) mass is 300 g/mol. The van der Waals surface area contributed by atoms with Gasteiger partial charge in [-0.2, -0.15) is 0 Å². The third-order valence-corrected chi connectivity index (χ3v) is 3.95. The number of rotatable bonds is 1. The number of benzene rings is 2. The van der Waals surface area contributed by atoms with E-state index in [1.807, 2.05) is 24.3 Å². The summed E-state index contributed by atoms with van der Waals surface area (Å²) in [4.78, 5) is 0. The largest absolute Gasteiger partial charge is 0.858 e. The maximum Gasteiger partial charge on any atom is 0.0654 e. The number of allylic oxidation sites excluding steroid dienone is 1. The Labute approximate surface area is 126 Å². The Morgan fingerprint density at radius 1 is 1.00 bits per heavy atom. The molecule has 0 unspecified atom stereocenters. The van der Waals surface area contributed by atoms with Crippen molar-refractivity contribution in [2.24, 2.45) is 0 Å². The fourth-order valence-electron chi connectivity index (χ4n) is 2.73. The van der Waals surface area contributed by atoms with E-state index in [0.29, 0.717) is 22.8 Å². The van der Waals surface area contributed by atoms with Crippen molar-refractivity contribution in [3.05, 3.63) is 70.7 Å². The second kappa shape index (κ2) is 4.39. The highest BCUT2D eigenvalue weighted by Crippen LogP contribution is 2.42. The Morgan fingerprint density at radius 2 is 1.71 bits per heavy atom. The van der Waals surface area contributed by atoms with E-state index in [0.717, 1.165) is 16.5 Å². The summed E-state index contributed by atoms with van der Waals surface area (Å²) in [6.45, 7) is 0. The topological polar surface area (TPSA) is 53.0 Å². The van der Waals surface area contributed by atoms with Crippen molar-refractivity contribution in [1.82, 2.24) is 5.28 Å². The van der Waals surface area contributed by atoms with Crippen LogP contribution < -0.4 is 15.1 Å². The molecule has 106 valence electrons. The Kier molecular flexibility index (Phi) is 2.62. The molecule has 2 aliphatic rings. The number of hydrogen-bond acceptors (Lipinski definition) is 5. The van der Waals surface area contributed by atoms with Crippen LogP contribution in [0.4, 0.5) is 11.4 Å². The van der Waals surface area contributed by atoms with Crippen LogP contribution in [-0.2, 0) is 6.42 Å². The third kappa shape index (κ3) is 1.72. The fraction of sp³-hybridized carbons (Fsp3) is 0.0667. The van der Waals surface area contributed by atoms with Crippen molar-refractivity contribution in [2.45, 2.75) is 6.42 Å². The Balaban J connectivity index is 1.79. The van der Waals surface area contributed by atoms with Gasteiger partial charge < -0.3 is 5.11 Å². The van der Waals surface area contributed by atoms with E-state index in [1.54, 1.807) is 24.3 Å². The summed E-state index contributed by atoms with van der Waals surface area (Å²) in [5.74, 6) is -0.240. The number of anilines is 2. The number of hydrogen-bond donors (Lipinski definition) is 1. The normalized spacial score (nSPS) is 17.4. The van der Waals surface area contributed by atoms with Gasteiger partial charge in [-0.25, -0.2) is 10.0 Å². The summed E-state index contributed by atoms with van der Waals surface area (Å²) >= 11 is 5.86. The van der Waals surface area contributed by atoms with Crippen molar-refractivity contribution in [3.8, 4) is 0 Å². The van der Waals surface area contributed by atoms with E-state index >= 15 is 0 Å². The zero-order valence-corrected chi connectivity index (χ0v) is 11.7. The highest BCUT2D eigenvalue weighted by molar-refractivity contribution is 6.30. The molecule has 0 fully saturated rings. The molecule has 2 aromatic rings. The van der Waals surface area contributed by atoms with Gasteiger partial charge in [0.25, 0.3) is 0 Å². The number of fused-ring (bicyclic) bond motifs is 3. The lowest BCUT2D eigenvalue weighted by Crippen LogP contribution is -2.45. The van der Waals surface area contributed by atoms with Crippen LogP contribution in [-0.4, -0.2) is 10.5 Å². The van der Waals surface area contributed by atoms with E-state index in [-0.39, 0.29) is 5.88 Å². The molecule has 2 aliphatic heterocycles. The van der Waals surface area contributed by atoms with Crippen LogP contribution in [0, 0.1) is 0 Å². The molecule has 5 nitrogen and oxygen atoms in total. The molecule has 21 heavy (non-hydrogen) atoms. The maximum absolute atomic E-state index is 12.6. The molecule has 0 saturated heterocycles. The second-order valence-electron chi connectivity index (χ2n) is 4.93. The van der Waals surface area contributed by atoms with E-state index < -0.39 is 0 Å². The lowest BCUT2D eigenvalue weighted by atomic mass is 10.1. The quantitative estimate of drug-likeness (QED) is 0.875. The number of hydrazine groups is 2. The summed E-state index contributed by atoms with van der Waals surface area (Å²) in [5, 5.41) is 27.2. The summed E-state index contributed by atoms with van der Waals surface area (Å²) in [6.07, 6.45) is 0.510. The van der Waals surface area contributed by atoms with Gasteiger partial charge in [0.05, 0.1) is 17.1 Å². The second-order valence-corrected chi connectivity index (χ2v) is 5.36. The Hall–Kier alpha value is -2.21. The Morgan fingerprint density at radius 3 is 2.48 bits per heavy atom. The number of halogens is 1. The first-order valence-corrected chi connectivity index (χ1v) is 6.87. The molecule has 0 bridgehead atoms. The fourth-order valence-corrected chi connectivity index (χ4v) is 2.86. The predicted octanol–water partition coefficient (Wildman–Crippen LogP) is 2.27. The summed E-state index contributed by atoms with van der Waals surface area (Å²) in [5.41, 5.74) is 2.94. The van der Waals surface area contributed by atoms with Crippen LogP contribution >= 0.6 is 11.6 Å². The van der Waals surface area contributed by atoms with Crippen LogP contribution in [0.3, 0.4) is 0 Å². The van der Waals surface area contributed by atoms with Crippen LogP contribution in [0.2, 0.25) is 5.02 Å². The van der Waals surface area contributed by atoms with Gasteiger partial charge in [-0.05, 0) is 35.9 Å². The molecule has 0 saturated carbocycles. The van der Waals surface area contributed by atoms with Gasteiger partial charge in [-0.1, -0.05) is 29.8 Å². The Bertz CT molecular complexity index is 745. The first kappa shape index (κ1) is 12.5. The van der Waals surface area contributed by atoms with Crippen LogP contribution in [0.1, 0.15) is 5.56 Å². The molecule has 0 atom stereocenters. The number of para-hydroxylation sites is 1. The molecule has 2 heterocycles. The maximum atomic E-state index is 12.6. The standard InChI is InChI=1S/C15H12ClN3O2/c16-11-5-7-12(8-6-11)17-15(20)14-9-10-3-1-2-4-13(10)18(14)19(17)21/h1-8,20-21H,9H2/p-1. The van der Waals surface area contributed by atoms with Crippen molar-refractivity contribution in [3.63, 3.8) is 0 Å². The zero-order chi connectivity index (χ0) is 14.6. The minimum atomic E-state index is -0.240. The van der Waals surface area contributed by atoms with Crippen molar-refractivity contribution in [1.29, 1.82) is 0 Å². The average Bonchev–Trinajstić information content (AvgIpc) is 2.98. The molecule has 0 radical (unpaired) electrons. The zero-order valence-electron chi connectivity index (χ0n) is 10.9. The molecule has 0 amide bonds. The SMILES string of the molecule is [O-]C1=C2Cc3ccccc3N2N(O)N1c1ccc(Cl)cc1. The first-order chi connectivity index (χ1) is 10.2. The first-order valence-electron chi connectivity index (χ1n) is 6.49. The highest BCUT2D eigenvalue weighted by Gasteiger charge is 2.38. The highest BCUT2D eigenvalue weighted by atomic mass is 35.5. The molecular weight excluding hydrogens is 290 g/mol. The lowest BCUT2D eigenvalue weighted by molar-refractivity contribution is -0.314. The van der Waals surface area contributed by atoms with Gasteiger partial charge in [0.1, 0.15) is 0 Å². The van der Waals surface area contributed by atoms with Gasteiger partial charge in [0.15, 0.2) is 0 Å². The minimum absolute atomic E-state index is 0.240. The van der Waals surface area contributed by atoms with Gasteiger partial charge in [0.2, 0.25) is 0 Å². The molecule has 0 spiro atoms. The van der Waals surface area contributed by atoms with Crippen molar-refractivity contribution in [2.75, 3.05) is 10.0 Å². The van der Waals surface area contributed by atoms with Crippen LogP contribution in [0.5, 0.6) is 0 Å². The van der Waals surface area contributed by atoms with E-state index in [2.05, 4.69) is 0 Å². The smallest absolute Gasteiger partial charge is 0.0654 e. The van der Waals surface area contributed by atoms with Crippen molar-refractivity contribution < 1.29 is 10.3 Å². The predicted molar refractivity (Wildman–Crippen MR) is 77.2 cm³/mol. The molecule has 0 aliphatic carbocycles. The van der Waals surface area contributed by atoms with Gasteiger partial charge in [0, 0.05) is 22.6 Å². The van der Waals surface area contributed by atoms with Gasteiger partial charge in [-0.3, -0.25) is 5.21 Å².